The molecule has 0 amide bonds. The first kappa shape index (κ1) is 15.5. The second-order valence-corrected chi connectivity index (χ2v) is 7.79. The van der Waals surface area contributed by atoms with Crippen molar-refractivity contribution in [2.45, 2.75) is 0 Å². The molecule has 0 radical (unpaired) electrons. The second-order valence-electron chi connectivity index (χ2n) is 6.85. The molecule has 3 heterocycles. The first-order valence-corrected chi connectivity index (χ1v) is 10.1. The van der Waals surface area contributed by atoms with Gasteiger partial charge in [-0.2, -0.15) is 10.2 Å². The highest BCUT2D eigenvalue weighted by Gasteiger charge is 2.14. The normalized spacial score (nSPS) is 11.6. The Hall–Kier alpha value is -3.50. The smallest absolute Gasteiger partial charge is 0.0950 e. The van der Waals surface area contributed by atoms with Crippen LogP contribution in [0.1, 0.15) is 0 Å². The fourth-order valence-corrected chi connectivity index (χ4v) is 4.74. The summed E-state index contributed by atoms with van der Waals surface area (Å²) in [5.41, 5.74) is 5.35. The Morgan fingerprint density at radius 3 is 2.54 bits per heavy atom. The molecule has 3 nitrogen and oxygen atoms in total. The van der Waals surface area contributed by atoms with Crippen molar-refractivity contribution < 1.29 is 0 Å². The summed E-state index contributed by atoms with van der Waals surface area (Å²) < 4.78 is 3.59. The van der Waals surface area contributed by atoms with E-state index in [-0.39, 0.29) is 0 Å². The molecule has 0 spiro atoms. The van der Waals surface area contributed by atoms with E-state index < -0.39 is 0 Å². The number of para-hydroxylation sites is 1. The standard InChI is InChI=1S/C24H15N3S/c1-2-6-16(7-3-1)21-13-18(15-25-26-21)27-22-9-5-4-8-19(22)20-12-17-10-11-28-24(17)14-23(20)27/h1-15H. The number of nitrogens with zero attached hydrogens (tertiary/aromatic N) is 3. The van der Waals surface area contributed by atoms with Crippen LogP contribution in [0.3, 0.4) is 0 Å². The summed E-state index contributed by atoms with van der Waals surface area (Å²) in [7, 11) is 0. The molecule has 3 aromatic carbocycles. The minimum Gasteiger partial charge on any atom is -0.307 e. The SMILES string of the molecule is c1ccc(-c2cc(-n3c4ccccc4c4cc5ccsc5cc43)cnn2)cc1. The van der Waals surface area contributed by atoms with Crippen LogP contribution in [0.25, 0.3) is 48.8 Å². The van der Waals surface area contributed by atoms with Crippen molar-refractivity contribution in [1.82, 2.24) is 14.8 Å². The highest BCUT2D eigenvalue weighted by atomic mass is 32.1. The van der Waals surface area contributed by atoms with Gasteiger partial charge < -0.3 is 4.57 Å². The molecule has 0 fully saturated rings. The van der Waals surface area contributed by atoms with Crippen molar-refractivity contribution in [3.8, 4) is 16.9 Å². The van der Waals surface area contributed by atoms with Gasteiger partial charge in [0, 0.05) is 21.0 Å². The van der Waals surface area contributed by atoms with E-state index >= 15 is 0 Å². The van der Waals surface area contributed by atoms with Gasteiger partial charge in [0.15, 0.2) is 0 Å². The van der Waals surface area contributed by atoms with E-state index in [0.717, 1.165) is 16.9 Å². The minimum atomic E-state index is 0.876. The van der Waals surface area contributed by atoms with E-state index in [1.165, 1.54) is 31.9 Å². The van der Waals surface area contributed by atoms with Crippen molar-refractivity contribution >= 4 is 43.2 Å². The van der Waals surface area contributed by atoms with Crippen LogP contribution < -0.4 is 0 Å². The van der Waals surface area contributed by atoms with Crippen LogP contribution in [0.5, 0.6) is 0 Å². The molecule has 132 valence electrons. The van der Waals surface area contributed by atoms with Gasteiger partial charge in [-0.1, -0.05) is 48.5 Å². The zero-order valence-corrected chi connectivity index (χ0v) is 15.7. The lowest BCUT2D eigenvalue weighted by atomic mass is 10.1. The molecule has 0 saturated heterocycles. The number of hydrogen-bond acceptors (Lipinski definition) is 3. The summed E-state index contributed by atoms with van der Waals surface area (Å²) in [5.74, 6) is 0. The lowest BCUT2D eigenvalue weighted by Crippen LogP contribution is -1.97. The molecule has 0 atom stereocenters. The highest BCUT2D eigenvalue weighted by Crippen LogP contribution is 2.36. The van der Waals surface area contributed by atoms with Crippen LogP contribution >= 0.6 is 11.3 Å². The van der Waals surface area contributed by atoms with Gasteiger partial charge in [-0.25, -0.2) is 0 Å². The summed E-state index contributed by atoms with van der Waals surface area (Å²) in [5, 5.41) is 14.6. The fraction of sp³-hybridized carbons (Fsp3) is 0. The quantitative estimate of drug-likeness (QED) is 0.347. The molecule has 3 aromatic heterocycles. The summed E-state index contributed by atoms with van der Waals surface area (Å²) >= 11 is 1.77. The van der Waals surface area contributed by atoms with Gasteiger partial charge in [-0.15, -0.1) is 11.3 Å². The maximum Gasteiger partial charge on any atom is 0.0950 e. The van der Waals surface area contributed by atoms with E-state index in [0.29, 0.717) is 0 Å². The number of aromatic nitrogens is 3. The topological polar surface area (TPSA) is 30.7 Å². The zero-order chi connectivity index (χ0) is 18.5. The lowest BCUT2D eigenvalue weighted by Gasteiger charge is -2.09. The number of fused-ring (bicyclic) bond motifs is 4. The lowest BCUT2D eigenvalue weighted by molar-refractivity contribution is 1.01. The number of rotatable bonds is 2. The molecule has 6 rings (SSSR count). The highest BCUT2D eigenvalue weighted by molar-refractivity contribution is 7.17. The van der Waals surface area contributed by atoms with Gasteiger partial charge in [0.25, 0.3) is 0 Å². The van der Waals surface area contributed by atoms with E-state index in [1.807, 2.05) is 24.4 Å². The predicted octanol–water partition coefficient (Wildman–Crippen LogP) is 6.46. The van der Waals surface area contributed by atoms with E-state index in [4.69, 9.17) is 0 Å². The first-order chi connectivity index (χ1) is 13.9. The summed E-state index contributed by atoms with van der Waals surface area (Å²) in [6.45, 7) is 0. The Kier molecular flexibility index (Phi) is 3.34. The monoisotopic (exact) mass is 377 g/mol. The predicted molar refractivity (Wildman–Crippen MR) is 117 cm³/mol. The van der Waals surface area contributed by atoms with Crippen molar-refractivity contribution in [3.05, 3.63) is 90.4 Å². The number of hydrogen-bond donors (Lipinski definition) is 0. The Bertz CT molecular complexity index is 1460. The van der Waals surface area contributed by atoms with E-state index in [9.17, 15) is 0 Å². The average Bonchev–Trinajstić information content (AvgIpc) is 3.34. The molecular formula is C24H15N3S. The summed E-state index contributed by atoms with van der Waals surface area (Å²) in [4.78, 5) is 0. The zero-order valence-electron chi connectivity index (χ0n) is 14.9. The fourth-order valence-electron chi connectivity index (χ4n) is 3.93. The second kappa shape index (κ2) is 6.01. The van der Waals surface area contributed by atoms with Crippen LogP contribution in [-0.4, -0.2) is 14.8 Å². The average molecular weight is 377 g/mol. The Morgan fingerprint density at radius 2 is 1.61 bits per heavy atom. The third-order valence-electron chi connectivity index (χ3n) is 5.21. The Morgan fingerprint density at radius 1 is 0.750 bits per heavy atom. The number of thiophene rings is 1. The number of benzene rings is 3. The van der Waals surface area contributed by atoms with Crippen LogP contribution in [0.15, 0.2) is 90.4 Å². The van der Waals surface area contributed by atoms with Crippen LogP contribution in [0.4, 0.5) is 0 Å². The Labute approximate surface area is 165 Å². The third-order valence-corrected chi connectivity index (χ3v) is 6.09. The molecule has 0 aliphatic carbocycles. The summed E-state index contributed by atoms with van der Waals surface area (Å²) in [6, 6.07) is 27.6. The Balaban J connectivity index is 1.69. The first-order valence-electron chi connectivity index (χ1n) is 9.17. The molecule has 0 aliphatic heterocycles. The molecule has 28 heavy (non-hydrogen) atoms. The van der Waals surface area contributed by atoms with Gasteiger partial charge in [0.1, 0.15) is 0 Å². The molecule has 4 heteroatoms. The van der Waals surface area contributed by atoms with E-state index in [1.54, 1.807) is 11.3 Å². The molecule has 0 bridgehead atoms. The summed E-state index contributed by atoms with van der Waals surface area (Å²) in [6.07, 6.45) is 1.84. The molecular weight excluding hydrogens is 362 g/mol. The molecule has 6 aromatic rings. The van der Waals surface area contributed by atoms with Gasteiger partial charge in [0.05, 0.1) is 28.6 Å². The van der Waals surface area contributed by atoms with Crippen molar-refractivity contribution in [2.75, 3.05) is 0 Å². The molecule has 0 saturated carbocycles. The van der Waals surface area contributed by atoms with Crippen molar-refractivity contribution in [3.63, 3.8) is 0 Å². The maximum absolute atomic E-state index is 4.36. The van der Waals surface area contributed by atoms with E-state index in [2.05, 4.69) is 80.8 Å². The van der Waals surface area contributed by atoms with Gasteiger partial charge >= 0.3 is 0 Å². The molecule has 0 unspecified atom stereocenters. The minimum absolute atomic E-state index is 0.876. The van der Waals surface area contributed by atoms with Crippen molar-refractivity contribution in [1.29, 1.82) is 0 Å². The molecule has 0 aliphatic rings. The van der Waals surface area contributed by atoms with Gasteiger partial charge in [-0.3, -0.25) is 0 Å². The van der Waals surface area contributed by atoms with Crippen LogP contribution in [0.2, 0.25) is 0 Å². The van der Waals surface area contributed by atoms with Gasteiger partial charge in [-0.05, 0) is 41.1 Å². The van der Waals surface area contributed by atoms with Crippen molar-refractivity contribution in [2.24, 2.45) is 0 Å². The van der Waals surface area contributed by atoms with Crippen LogP contribution in [-0.2, 0) is 0 Å². The van der Waals surface area contributed by atoms with Crippen LogP contribution in [0, 0.1) is 0 Å². The third kappa shape index (κ3) is 2.28. The molecule has 0 N–H and O–H groups in total. The maximum atomic E-state index is 4.36. The largest absolute Gasteiger partial charge is 0.307 e. The van der Waals surface area contributed by atoms with Gasteiger partial charge in [0.2, 0.25) is 0 Å².